The number of piperidine rings is 1. The molecule has 3 aliphatic rings. The molecular formula is C50H60N12O9S. The number of carbonyl (C=O) groups excluding carboxylic acids is 5. The van der Waals surface area contributed by atoms with E-state index in [0.717, 1.165) is 32.0 Å². The van der Waals surface area contributed by atoms with Crippen LogP contribution in [0, 0.1) is 13.8 Å². The van der Waals surface area contributed by atoms with Gasteiger partial charge < -0.3 is 39.4 Å². The molecule has 0 spiro atoms. The maximum absolute atomic E-state index is 13.2. The smallest absolute Gasteiger partial charge is 0.264 e. The van der Waals surface area contributed by atoms with Crippen molar-refractivity contribution in [1.29, 1.82) is 0 Å². The second-order valence-corrected chi connectivity index (χ2v) is 18.4. The van der Waals surface area contributed by atoms with Gasteiger partial charge in [0.1, 0.15) is 23.5 Å². The monoisotopic (exact) mass is 1000 g/mol. The van der Waals surface area contributed by atoms with Crippen molar-refractivity contribution in [2.75, 3.05) is 101 Å². The lowest BCUT2D eigenvalue weighted by Crippen LogP contribution is -2.54. The van der Waals surface area contributed by atoms with Crippen LogP contribution in [0.3, 0.4) is 0 Å². The number of aryl methyl sites for hydroxylation is 3. The molecule has 8 rings (SSSR count). The number of fused-ring (bicyclic) bond motifs is 1. The van der Waals surface area contributed by atoms with Gasteiger partial charge >= 0.3 is 0 Å². The van der Waals surface area contributed by atoms with Crippen molar-refractivity contribution in [3.05, 3.63) is 99.6 Å². The molecule has 3 N–H and O–H groups in total. The van der Waals surface area contributed by atoms with Crippen LogP contribution < -0.4 is 20.9 Å². The Morgan fingerprint density at radius 2 is 1.61 bits per heavy atom. The van der Waals surface area contributed by atoms with Gasteiger partial charge in [0.05, 0.1) is 76.2 Å². The van der Waals surface area contributed by atoms with Gasteiger partial charge in [-0.2, -0.15) is 0 Å². The summed E-state index contributed by atoms with van der Waals surface area (Å²) < 4.78 is 24.3. The molecular weight excluding hydrogens is 945 g/mol. The Hall–Kier alpha value is -6.98. The molecule has 380 valence electrons. The first kappa shape index (κ1) is 51.4. The summed E-state index contributed by atoms with van der Waals surface area (Å²) in [6.07, 6.45) is 9.82. The van der Waals surface area contributed by atoms with Crippen molar-refractivity contribution in [3.8, 4) is 0 Å². The number of piperazine rings is 1. The Bertz CT molecular complexity index is 2720. The molecule has 1 unspecified atom stereocenters. The normalized spacial score (nSPS) is 16.0. The van der Waals surface area contributed by atoms with Crippen LogP contribution in [0.4, 0.5) is 22.5 Å². The third-order valence-electron chi connectivity index (χ3n) is 12.0. The van der Waals surface area contributed by atoms with Gasteiger partial charge in [-0.1, -0.05) is 58.5 Å². The zero-order valence-electron chi connectivity index (χ0n) is 40.5. The number of hydrogen-bond donors (Lipinski definition) is 3. The van der Waals surface area contributed by atoms with Crippen LogP contribution >= 0.6 is 11.3 Å². The molecule has 1 atom stereocenters. The second-order valence-electron chi connectivity index (χ2n) is 17.3. The topological polar surface area (TPSA) is 237 Å². The molecule has 5 aromatic rings. The van der Waals surface area contributed by atoms with Crippen LogP contribution in [0.1, 0.15) is 73.9 Å². The summed E-state index contributed by atoms with van der Waals surface area (Å²) in [5, 5.41) is 17.9. The first-order valence-electron chi connectivity index (χ1n) is 24.2. The van der Waals surface area contributed by atoms with Crippen LogP contribution in [0.15, 0.2) is 60.9 Å². The number of hydrogen-bond acceptors (Lipinski definition) is 18. The lowest BCUT2D eigenvalue weighted by atomic mass is 10.0. The van der Waals surface area contributed by atoms with Crippen molar-refractivity contribution in [2.24, 2.45) is 0 Å². The second kappa shape index (κ2) is 25.4. The zero-order chi connectivity index (χ0) is 50.2. The van der Waals surface area contributed by atoms with Gasteiger partial charge in [0, 0.05) is 74.6 Å². The van der Waals surface area contributed by atoms with Gasteiger partial charge in [0.25, 0.3) is 11.8 Å². The van der Waals surface area contributed by atoms with E-state index in [1.54, 1.807) is 34.2 Å². The van der Waals surface area contributed by atoms with Crippen LogP contribution in [0.25, 0.3) is 12.2 Å². The van der Waals surface area contributed by atoms with Gasteiger partial charge in [0.15, 0.2) is 5.13 Å². The number of aromatic nitrogens is 6. The Kier molecular flexibility index (Phi) is 18.1. The van der Waals surface area contributed by atoms with Crippen molar-refractivity contribution < 1.29 is 42.9 Å². The molecule has 2 saturated heterocycles. The molecule has 72 heavy (non-hydrogen) atoms. The highest BCUT2D eigenvalue weighted by atomic mass is 32.1. The lowest BCUT2D eigenvalue weighted by Gasteiger charge is -2.35. The molecule has 2 aromatic carbocycles. The predicted molar refractivity (Wildman–Crippen MR) is 269 cm³/mol. The molecule has 3 aromatic heterocycles. The number of ether oxygens (including phenoxy) is 4. The van der Waals surface area contributed by atoms with Crippen LogP contribution in [-0.2, 0) is 46.3 Å². The standard InChI is InChI=1S/C50H60N12O9S/c1-34-6-3-7-36(30-34)12-13-38-32-52-50(72-38)55-42-31-43(54-35(2)53-42)59-17-19-60(20-18-59)45(64)11-4-8-37-33-61(58-57-37)21-23-69-25-27-71-29-28-70-26-24-68-22-16-51-40-10-5-9-39-46(40)49(67)62(48(39)66)41-14-15-44(63)56-47(41)65/h3,5-7,9-10,12-13,30-33,41,51H,4,8,11,14-29H2,1-2H3,(H,56,63,65)(H,52,53,54,55). The van der Waals surface area contributed by atoms with Gasteiger partial charge in [-0.25, -0.2) is 19.6 Å². The highest BCUT2D eigenvalue weighted by Crippen LogP contribution is 2.32. The summed E-state index contributed by atoms with van der Waals surface area (Å²) in [4.78, 5) is 83.2. The molecule has 2 fully saturated rings. The summed E-state index contributed by atoms with van der Waals surface area (Å²) in [6, 6.07) is 14.2. The van der Waals surface area contributed by atoms with Crippen molar-refractivity contribution >= 4 is 75.5 Å². The fraction of sp³-hybridized carbons (Fsp3) is 0.440. The first-order chi connectivity index (χ1) is 35.1. The number of nitrogens with one attached hydrogen (secondary N) is 3. The average Bonchev–Trinajstić information content (AvgIpc) is 4.09. The van der Waals surface area contributed by atoms with E-state index in [4.69, 9.17) is 23.9 Å². The quantitative estimate of drug-likeness (QED) is 0.0517. The van der Waals surface area contributed by atoms with E-state index in [1.807, 2.05) is 30.3 Å². The molecule has 0 aliphatic carbocycles. The molecule has 0 radical (unpaired) electrons. The van der Waals surface area contributed by atoms with Gasteiger partial charge in [-0.3, -0.25) is 34.2 Å². The van der Waals surface area contributed by atoms with Crippen LogP contribution in [0.2, 0.25) is 0 Å². The van der Waals surface area contributed by atoms with Gasteiger partial charge in [-0.05, 0) is 56.9 Å². The number of carbonyl (C=O) groups is 5. The van der Waals surface area contributed by atoms with E-state index in [0.29, 0.717) is 129 Å². The average molecular weight is 1010 g/mol. The highest BCUT2D eigenvalue weighted by molar-refractivity contribution is 7.16. The molecule has 22 heteroatoms. The molecule has 21 nitrogen and oxygen atoms in total. The number of amides is 5. The van der Waals surface area contributed by atoms with Crippen LogP contribution in [0.5, 0.6) is 0 Å². The van der Waals surface area contributed by atoms with E-state index in [2.05, 4.69) is 84.5 Å². The summed E-state index contributed by atoms with van der Waals surface area (Å²) in [6.45, 7) is 10.6. The number of benzene rings is 2. The fourth-order valence-electron chi connectivity index (χ4n) is 8.43. The van der Waals surface area contributed by atoms with E-state index in [-0.39, 0.29) is 29.9 Å². The lowest BCUT2D eigenvalue weighted by molar-refractivity contribution is -0.136. The van der Waals surface area contributed by atoms with E-state index >= 15 is 0 Å². The number of nitrogens with zero attached hydrogens (tertiary/aromatic N) is 9. The van der Waals surface area contributed by atoms with Crippen LogP contribution in [-0.4, -0.2) is 161 Å². The number of rotatable bonds is 26. The maximum atomic E-state index is 13.2. The van der Waals surface area contributed by atoms with Crippen molar-refractivity contribution in [1.82, 2.24) is 45.1 Å². The van der Waals surface area contributed by atoms with E-state index in [9.17, 15) is 24.0 Å². The molecule has 6 heterocycles. The molecule has 5 amide bonds. The fourth-order valence-corrected chi connectivity index (χ4v) is 9.15. The largest absolute Gasteiger partial charge is 0.382 e. The number of anilines is 4. The third kappa shape index (κ3) is 14.1. The molecule has 0 saturated carbocycles. The SMILES string of the molecule is Cc1cccc(C=Cc2cnc(Nc3cc(N4CCN(C(=O)CCCc5cn(CCOCCOCCOCCOCCNc6cccc7c6C(=O)N(C6CCC(=O)NC6=O)C7=O)nn5)CC4)nc(C)n3)s2)c1. The summed E-state index contributed by atoms with van der Waals surface area (Å²) >= 11 is 1.55. The number of thiazole rings is 1. The van der Waals surface area contributed by atoms with Crippen molar-refractivity contribution in [3.63, 3.8) is 0 Å². The van der Waals surface area contributed by atoms with Gasteiger partial charge in [-0.15, -0.1) is 5.10 Å². The molecule has 0 bridgehead atoms. The predicted octanol–water partition coefficient (Wildman–Crippen LogP) is 4.31. The summed E-state index contributed by atoms with van der Waals surface area (Å²) in [7, 11) is 0. The minimum Gasteiger partial charge on any atom is -0.382 e. The van der Waals surface area contributed by atoms with Gasteiger partial charge in [0.2, 0.25) is 17.7 Å². The maximum Gasteiger partial charge on any atom is 0.264 e. The third-order valence-corrected chi connectivity index (χ3v) is 12.9. The Balaban J connectivity index is 0.621. The molecule has 3 aliphatic heterocycles. The van der Waals surface area contributed by atoms with E-state index in [1.165, 1.54) is 5.56 Å². The highest BCUT2D eigenvalue weighted by Gasteiger charge is 2.45. The Labute approximate surface area is 421 Å². The van der Waals surface area contributed by atoms with Crippen molar-refractivity contribution in [2.45, 2.75) is 58.5 Å². The Morgan fingerprint density at radius 3 is 2.38 bits per heavy atom. The summed E-state index contributed by atoms with van der Waals surface area (Å²) in [5.74, 6) is 0.105. The minimum absolute atomic E-state index is 0.0589. The first-order valence-corrected chi connectivity index (χ1v) is 25.0. The Morgan fingerprint density at radius 1 is 0.861 bits per heavy atom. The minimum atomic E-state index is -1.02. The van der Waals surface area contributed by atoms with E-state index < -0.39 is 29.7 Å². The summed E-state index contributed by atoms with van der Waals surface area (Å²) in [5.41, 5.74) is 4.09. The number of imide groups is 2. The zero-order valence-corrected chi connectivity index (χ0v) is 41.4.